The molecular weight excluding hydrogens is 392 g/mol. The molecule has 0 saturated carbocycles. The van der Waals surface area contributed by atoms with Crippen LogP contribution in [0, 0.1) is 5.41 Å². The van der Waals surface area contributed by atoms with Crippen LogP contribution < -0.4 is 20.7 Å². The number of nitrogens with zero attached hydrogens (tertiary/aromatic N) is 3. The minimum Gasteiger partial charge on any atom is -0.497 e. The third-order valence-corrected chi connectivity index (χ3v) is 5.42. The number of methoxy groups -OCH3 is 1. The van der Waals surface area contributed by atoms with Crippen molar-refractivity contribution in [2.24, 2.45) is 0 Å². The SMILES string of the molecule is CNc1ncnc(N)c1C(=N)c1ccc2c(c1)CCN2C(=O)Cc1cccc(OC)c1. The first-order valence-electron chi connectivity index (χ1n) is 9.95. The van der Waals surface area contributed by atoms with E-state index in [1.807, 2.05) is 42.5 Å². The summed E-state index contributed by atoms with van der Waals surface area (Å²) in [4.78, 5) is 22.9. The smallest absolute Gasteiger partial charge is 0.231 e. The number of amides is 1. The largest absolute Gasteiger partial charge is 0.497 e. The average molecular weight is 416 g/mol. The number of aromatic nitrogens is 2. The van der Waals surface area contributed by atoms with E-state index in [0.717, 1.165) is 29.0 Å². The van der Waals surface area contributed by atoms with E-state index in [1.54, 1.807) is 19.1 Å². The number of rotatable bonds is 6. The Kier molecular flexibility index (Phi) is 5.53. The number of fused-ring (bicyclic) bond motifs is 1. The Morgan fingerprint density at radius 3 is 2.87 bits per heavy atom. The molecule has 0 fully saturated rings. The van der Waals surface area contributed by atoms with Crippen LogP contribution in [0.3, 0.4) is 0 Å². The van der Waals surface area contributed by atoms with E-state index < -0.39 is 0 Å². The van der Waals surface area contributed by atoms with Crippen LogP contribution in [0.2, 0.25) is 0 Å². The Morgan fingerprint density at radius 1 is 1.26 bits per heavy atom. The van der Waals surface area contributed by atoms with Gasteiger partial charge in [-0.05, 0) is 41.8 Å². The van der Waals surface area contributed by atoms with Crippen LogP contribution in [0.25, 0.3) is 0 Å². The Hall–Kier alpha value is -3.94. The van der Waals surface area contributed by atoms with Crippen molar-refractivity contribution in [1.82, 2.24) is 9.97 Å². The lowest BCUT2D eigenvalue weighted by Gasteiger charge is -2.18. The van der Waals surface area contributed by atoms with Gasteiger partial charge in [-0.3, -0.25) is 10.2 Å². The molecule has 158 valence electrons. The quantitative estimate of drug-likeness (QED) is 0.532. The lowest BCUT2D eigenvalue weighted by Crippen LogP contribution is -2.30. The van der Waals surface area contributed by atoms with E-state index in [0.29, 0.717) is 29.9 Å². The topological polar surface area (TPSA) is 117 Å². The number of ether oxygens (including phenoxy) is 1. The number of nitrogens with one attached hydrogen (secondary N) is 2. The molecule has 0 bridgehead atoms. The first-order chi connectivity index (χ1) is 15.0. The van der Waals surface area contributed by atoms with Crippen LogP contribution in [0.4, 0.5) is 17.3 Å². The molecule has 0 saturated heterocycles. The Bertz CT molecular complexity index is 1160. The predicted octanol–water partition coefficient (Wildman–Crippen LogP) is 2.66. The van der Waals surface area contributed by atoms with Crippen molar-refractivity contribution in [3.05, 3.63) is 71.0 Å². The number of carbonyl (C=O) groups is 1. The molecule has 31 heavy (non-hydrogen) atoms. The molecule has 1 aromatic heterocycles. The van der Waals surface area contributed by atoms with Gasteiger partial charge in [-0.15, -0.1) is 0 Å². The maximum absolute atomic E-state index is 12.9. The van der Waals surface area contributed by atoms with Crippen LogP contribution in [-0.2, 0) is 17.6 Å². The molecule has 0 aliphatic carbocycles. The van der Waals surface area contributed by atoms with E-state index in [9.17, 15) is 4.79 Å². The second-order valence-corrected chi connectivity index (χ2v) is 7.27. The summed E-state index contributed by atoms with van der Waals surface area (Å²) in [6, 6.07) is 13.2. The molecule has 0 radical (unpaired) electrons. The Labute approximate surface area is 180 Å². The van der Waals surface area contributed by atoms with Gasteiger partial charge in [-0.2, -0.15) is 0 Å². The fourth-order valence-corrected chi connectivity index (χ4v) is 3.85. The van der Waals surface area contributed by atoms with Gasteiger partial charge in [0.25, 0.3) is 0 Å². The van der Waals surface area contributed by atoms with Crippen molar-refractivity contribution in [2.45, 2.75) is 12.8 Å². The van der Waals surface area contributed by atoms with Gasteiger partial charge >= 0.3 is 0 Å². The lowest BCUT2D eigenvalue weighted by molar-refractivity contribution is -0.117. The standard InChI is InChI=1S/C23H24N6O2/c1-26-23-20(22(25)27-13-28-23)21(24)16-6-7-18-15(12-16)8-9-29(18)19(30)11-14-4-3-5-17(10-14)31-2/h3-7,10,12-13,24H,8-9,11H2,1-2H3,(H3,25,26,27,28). The second kappa shape index (κ2) is 8.43. The van der Waals surface area contributed by atoms with E-state index >= 15 is 0 Å². The molecule has 2 heterocycles. The molecule has 3 aromatic rings. The number of anilines is 3. The van der Waals surface area contributed by atoms with Crippen LogP contribution in [0.5, 0.6) is 5.75 Å². The van der Waals surface area contributed by atoms with Crippen molar-refractivity contribution in [3.8, 4) is 5.75 Å². The summed E-state index contributed by atoms with van der Waals surface area (Å²) in [6.45, 7) is 0.618. The summed E-state index contributed by atoms with van der Waals surface area (Å²) in [5, 5.41) is 11.6. The van der Waals surface area contributed by atoms with Crippen molar-refractivity contribution < 1.29 is 9.53 Å². The Balaban J connectivity index is 1.57. The number of carbonyl (C=O) groups excluding carboxylic acids is 1. The first kappa shape index (κ1) is 20.3. The van der Waals surface area contributed by atoms with Crippen LogP contribution in [0.15, 0.2) is 48.8 Å². The van der Waals surface area contributed by atoms with Gasteiger partial charge in [-0.1, -0.05) is 18.2 Å². The molecule has 2 aromatic carbocycles. The molecule has 1 aliphatic heterocycles. The molecule has 0 unspecified atom stereocenters. The van der Waals surface area contributed by atoms with Crippen molar-refractivity contribution >= 4 is 28.9 Å². The summed E-state index contributed by atoms with van der Waals surface area (Å²) in [5.74, 6) is 1.53. The minimum atomic E-state index is 0.0352. The van der Waals surface area contributed by atoms with Crippen molar-refractivity contribution in [3.63, 3.8) is 0 Å². The maximum Gasteiger partial charge on any atom is 0.231 e. The van der Waals surface area contributed by atoms with E-state index in [2.05, 4.69) is 15.3 Å². The fraction of sp³-hybridized carbons (Fsp3) is 0.217. The summed E-state index contributed by atoms with van der Waals surface area (Å²) in [6.07, 6.45) is 2.41. The summed E-state index contributed by atoms with van der Waals surface area (Å²) < 4.78 is 5.25. The second-order valence-electron chi connectivity index (χ2n) is 7.27. The zero-order valence-electron chi connectivity index (χ0n) is 17.5. The van der Waals surface area contributed by atoms with Gasteiger partial charge in [0.2, 0.25) is 5.91 Å². The van der Waals surface area contributed by atoms with Crippen LogP contribution >= 0.6 is 0 Å². The normalized spacial score (nSPS) is 12.4. The zero-order chi connectivity index (χ0) is 22.0. The number of nitrogen functional groups attached to an aromatic ring is 1. The molecule has 0 spiro atoms. The van der Waals surface area contributed by atoms with Crippen LogP contribution in [-0.4, -0.2) is 42.3 Å². The highest BCUT2D eigenvalue weighted by molar-refractivity contribution is 6.16. The molecule has 0 atom stereocenters. The van der Waals surface area contributed by atoms with Gasteiger partial charge in [0, 0.05) is 24.8 Å². The number of nitrogens with two attached hydrogens (primary N) is 1. The molecule has 4 rings (SSSR count). The molecule has 1 aliphatic rings. The highest BCUT2D eigenvalue weighted by atomic mass is 16.5. The molecule has 4 N–H and O–H groups in total. The van der Waals surface area contributed by atoms with Gasteiger partial charge < -0.3 is 20.7 Å². The molecule has 1 amide bonds. The van der Waals surface area contributed by atoms with Gasteiger partial charge in [0.15, 0.2) is 0 Å². The summed E-state index contributed by atoms with van der Waals surface area (Å²) in [7, 11) is 3.34. The van der Waals surface area contributed by atoms with Crippen molar-refractivity contribution in [1.29, 1.82) is 5.41 Å². The first-order valence-corrected chi connectivity index (χ1v) is 9.95. The monoisotopic (exact) mass is 416 g/mol. The number of hydrogen-bond donors (Lipinski definition) is 3. The van der Waals surface area contributed by atoms with Gasteiger partial charge in [0.05, 0.1) is 24.8 Å². The summed E-state index contributed by atoms with van der Waals surface area (Å²) in [5.41, 5.74) is 10.3. The highest BCUT2D eigenvalue weighted by Crippen LogP contribution is 2.31. The molecule has 8 heteroatoms. The molecular formula is C23H24N6O2. The number of hydrogen-bond acceptors (Lipinski definition) is 7. The van der Waals surface area contributed by atoms with E-state index in [4.69, 9.17) is 15.9 Å². The Morgan fingerprint density at radius 2 is 2.10 bits per heavy atom. The van der Waals surface area contributed by atoms with Gasteiger partial charge in [0.1, 0.15) is 23.7 Å². The highest BCUT2D eigenvalue weighted by Gasteiger charge is 2.26. The molecule has 8 nitrogen and oxygen atoms in total. The third-order valence-electron chi connectivity index (χ3n) is 5.42. The third kappa shape index (κ3) is 3.92. The minimum absolute atomic E-state index is 0.0352. The maximum atomic E-state index is 12.9. The lowest BCUT2D eigenvalue weighted by atomic mass is 10.00. The van der Waals surface area contributed by atoms with Crippen LogP contribution in [0.1, 0.15) is 22.3 Å². The van der Waals surface area contributed by atoms with E-state index in [-0.39, 0.29) is 17.4 Å². The fourth-order valence-electron chi connectivity index (χ4n) is 3.85. The summed E-state index contributed by atoms with van der Waals surface area (Å²) >= 11 is 0. The average Bonchev–Trinajstić information content (AvgIpc) is 3.22. The van der Waals surface area contributed by atoms with Crippen molar-refractivity contribution in [2.75, 3.05) is 36.7 Å². The number of benzene rings is 2. The zero-order valence-corrected chi connectivity index (χ0v) is 17.5. The van der Waals surface area contributed by atoms with E-state index in [1.165, 1.54) is 6.33 Å². The predicted molar refractivity (Wildman–Crippen MR) is 121 cm³/mol. The van der Waals surface area contributed by atoms with Gasteiger partial charge in [-0.25, -0.2) is 9.97 Å².